The number of rotatable bonds is 2. The van der Waals surface area contributed by atoms with E-state index in [9.17, 15) is 8.78 Å². The Morgan fingerprint density at radius 3 is 2.80 bits per heavy atom. The highest BCUT2D eigenvalue weighted by atomic mass is 35.5. The molecule has 0 bridgehead atoms. The molecule has 0 aromatic carbocycles. The minimum atomic E-state index is -2.23. The van der Waals surface area contributed by atoms with E-state index in [1.807, 2.05) is 4.90 Å². The lowest BCUT2D eigenvalue weighted by Crippen LogP contribution is -2.22. The Hall–Kier alpha value is -0.900. The second kappa shape index (κ2) is 4.31. The van der Waals surface area contributed by atoms with Gasteiger partial charge in [0.25, 0.3) is 0 Å². The first kappa shape index (κ1) is 10.6. The third-order valence-electron chi connectivity index (χ3n) is 2.62. The maximum atomic E-state index is 12.4. The van der Waals surface area contributed by atoms with Gasteiger partial charge in [-0.2, -0.15) is 0 Å². The molecule has 2 rings (SSSR count). The molecule has 0 spiro atoms. The van der Waals surface area contributed by atoms with Gasteiger partial charge in [-0.15, -0.1) is 0 Å². The van der Waals surface area contributed by atoms with Gasteiger partial charge in [-0.3, -0.25) is 0 Å². The van der Waals surface area contributed by atoms with Gasteiger partial charge >= 0.3 is 0 Å². The van der Waals surface area contributed by atoms with Crippen LogP contribution in [0.15, 0.2) is 18.3 Å². The predicted molar refractivity (Wildman–Crippen MR) is 55.6 cm³/mol. The van der Waals surface area contributed by atoms with Crippen molar-refractivity contribution in [2.24, 2.45) is 5.92 Å². The van der Waals surface area contributed by atoms with Crippen molar-refractivity contribution in [3.8, 4) is 0 Å². The van der Waals surface area contributed by atoms with Gasteiger partial charge in [-0.25, -0.2) is 13.8 Å². The molecule has 0 N–H and O–H groups in total. The topological polar surface area (TPSA) is 16.1 Å². The van der Waals surface area contributed by atoms with Gasteiger partial charge in [0.05, 0.1) is 5.02 Å². The summed E-state index contributed by atoms with van der Waals surface area (Å²) in [6.07, 6.45) is -0.170. The molecule has 0 amide bonds. The molecule has 2 nitrogen and oxygen atoms in total. The van der Waals surface area contributed by atoms with Gasteiger partial charge < -0.3 is 4.90 Å². The highest BCUT2D eigenvalue weighted by Gasteiger charge is 2.29. The maximum Gasteiger partial charge on any atom is 0.243 e. The standard InChI is InChI=1S/C10H11ClF2N2/c11-8-1-2-9(14-5-8)15-4-3-7(6-15)10(12)13/h1-2,5,7,10H,3-4,6H2. The van der Waals surface area contributed by atoms with Crippen LogP contribution in [0.2, 0.25) is 5.02 Å². The fourth-order valence-electron chi connectivity index (χ4n) is 1.76. The molecule has 1 aromatic rings. The number of anilines is 1. The molecular formula is C10H11ClF2N2. The summed E-state index contributed by atoms with van der Waals surface area (Å²) in [4.78, 5) is 5.97. The van der Waals surface area contributed by atoms with Crippen LogP contribution in [0.3, 0.4) is 0 Å². The van der Waals surface area contributed by atoms with Crippen LogP contribution in [0.1, 0.15) is 6.42 Å². The molecule has 1 fully saturated rings. The van der Waals surface area contributed by atoms with Crippen molar-refractivity contribution < 1.29 is 8.78 Å². The van der Waals surface area contributed by atoms with E-state index in [1.54, 1.807) is 12.1 Å². The van der Waals surface area contributed by atoms with Gasteiger partial charge in [0.1, 0.15) is 5.82 Å². The molecule has 1 aromatic heterocycles. The van der Waals surface area contributed by atoms with Gasteiger partial charge in [0.15, 0.2) is 0 Å². The fraction of sp³-hybridized carbons (Fsp3) is 0.500. The van der Waals surface area contributed by atoms with E-state index in [0.717, 1.165) is 5.82 Å². The number of halogens is 3. The minimum Gasteiger partial charge on any atom is -0.356 e. The maximum absolute atomic E-state index is 12.4. The van der Waals surface area contributed by atoms with E-state index in [0.29, 0.717) is 24.5 Å². The Morgan fingerprint density at radius 2 is 2.27 bits per heavy atom. The summed E-state index contributed by atoms with van der Waals surface area (Å²) in [6, 6.07) is 3.48. The molecule has 0 saturated carbocycles. The summed E-state index contributed by atoms with van der Waals surface area (Å²) < 4.78 is 24.8. The van der Waals surface area contributed by atoms with Gasteiger partial charge in [0, 0.05) is 25.2 Å². The first-order valence-electron chi connectivity index (χ1n) is 4.81. The lowest BCUT2D eigenvalue weighted by atomic mass is 10.1. The Labute approximate surface area is 91.9 Å². The normalized spacial score (nSPS) is 21.3. The van der Waals surface area contributed by atoms with Crippen molar-refractivity contribution in [2.75, 3.05) is 18.0 Å². The van der Waals surface area contributed by atoms with Crippen LogP contribution >= 0.6 is 11.6 Å². The second-order valence-corrected chi connectivity index (χ2v) is 4.10. The van der Waals surface area contributed by atoms with Crippen molar-refractivity contribution in [3.63, 3.8) is 0 Å². The number of hydrogen-bond donors (Lipinski definition) is 0. The van der Waals surface area contributed by atoms with Crippen molar-refractivity contribution in [1.29, 1.82) is 0 Å². The first-order chi connectivity index (χ1) is 7.16. The summed E-state index contributed by atoms with van der Waals surface area (Å²) in [5.74, 6) is 0.199. The molecule has 2 heterocycles. The SMILES string of the molecule is FC(F)C1CCN(c2ccc(Cl)cn2)C1. The van der Waals surface area contributed by atoms with Crippen LogP contribution in [0, 0.1) is 5.92 Å². The smallest absolute Gasteiger partial charge is 0.243 e. The Balaban J connectivity index is 2.04. The van der Waals surface area contributed by atoms with E-state index in [1.165, 1.54) is 6.20 Å². The van der Waals surface area contributed by atoms with E-state index in [4.69, 9.17) is 11.6 Å². The molecule has 1 aliphatic heterocycles. The van der Waals surface area contributed by atoms with E-state index < -0.39 is 12.3 Å². The van der Waals surface area contributed by atoms with Gasteiger partial charge in [0.2, 0.25) is 6.43 Å². The summed E-state index contributed by atoms with van der Waals surface area (Å²) >= 11 is 5.70. The molecular weight excluding hydrogens is 222 g/mol. The molecule has 0 aliphatic carbocycles. The lowest BCUT2D eigenvalue weighted by Gasteiger charge is -2.17. The zero-order valence-electron chi connectivity index (χ0n) is 8.04. The number of alkyl halides is 2. The van der Waals surface area contributed by atoms with Gasteiger partial charge in [-0.05, 0) is 18.6 Å². The Kier molecular flexibility index (Phi) is 3.05. The second-order valence-electron chi connectivity index (χ2n) is 3.66. The third-order valence-corrected chi connectivity index (χ3v) is 2.84. The average Bonchev–Trinajstić information content (AvgIpc) is 2.68. The van der Waals surface area contributed by atoms with Crippen molar-refractivity contribution in [2.45, 2.75) is 12.8 Å². The van der Waals surface area contributed by atoms with Crippen LogP contribution < -0.4 is 4.90 Å². The third kappa shape index (κ3) is 2.37. The number of nitrogens with zero attached hydrogens (tertiary/aromatic N) is 2. The number of pyridine rings is 1. The predicted octanol–water partition coefficient (Wildman–Crippen LogP) is 2.83. The quantitative estimate of drug-likeness (QED) is 0.780. The minimum absolute atomic E-state index is 0.381. The summed E-state index contributed by atoms with van der Waals surface area (Å²) in [5, 5.41) is 0.559. The van der Waals surface area contributed by atoms with Crippen LogP contribution in [0.5, 0.6) is 0 Å². The van der Waals surface area contributed by atoms with Crippen LogP contribution in [0.25, 0.3) is 0 Å². The van der Waals surface area contributed by atoms with E-state index >= 15 is 0 Å². The zero-order chi connectivity index (χ0) is 10.8. The highest BCUT2D eigenvalue weighted by Crippen LogP contribution is 2.26. The fourth-order valence-corrected chi connectivity index (χ4v) is 1.87. The monoisotopic (exact) mass is 232 g/mol. The summed E-state index contributed by atoms with van der Waals surface area (Å²) in [5.41, 5.74) is 0. The number of hydrogen-bond acceptors (Lipinski definition) is 2. The first-order valence-corrected chi connectivity index (χ1v) is 5.19. The van der Waals surface area contributed by atoms with Crippen LogP contribution in [-0.4, -0.2) is 24.5 Å². The van der Waals surface area contributed by atoms with E-state index in [-0.39, 0.29) is 0 Å². The largest absolute Gasteiger partial charge is 0.356 e. The highest BCUT2D eigenvalue weighted by molar-refractivity contribution is 6.30. The van der Waals surface area contributed by atoms with Crippen molar-refractivity contribution in [3.05, 3.63) is 23.4 Å². The Morgan fingerprint density at radius 1 is 1.47 bits per heavy atom. The van der Waals surface area contributed by atoms with E-state index in [2.05, 4.69) is 4.98 Å². The molecule has 0 radical (unpaired) electrons. The number of aromatic nitrogens is 1. The molecule has 15 heavy (non-hydrogen) atoms. The molecule has 5 heteroatoms. The molecule has 1 aliphatic rings. The van der Waals surface area contributed by atoms with Crippen molar-refractivity contribution in [1.82, 2.24) is 4.98 Å². The summed E-state index contributed by atoms with van der Waals surface area (Å²) in [6.45, 7) is 1.02. The molecule has 1 unspecified atom stereocenters. The summed E-state index contributed by atoms with van der Waals surface area (Å²) in [7, 11) is 0. The van der Waals surface area contributed by atoms with Gasteiger partial charge in [-0.1, -0.05) is 11.6 Å². The lowest BCUT2D eigenvalue weighted by molar-refractivity contribution is 0.0880. The average molecular weight is 233 g/mol. The van der Waals surface area contributed by atoms with Crippen LogP contribution in [-0.2, 0) is 0 Å². The zero-order valence-corrected chi connectivity index (χ0v) is 8.79. The van der Waals surface area contributed by atoms with Crippen LogP contribution in [0.4, 0.5) is 14.6 Å². The Bertz CT molecular complexity index is 329. The molecule has 1 atom stereocenters. The molecule has 82 valence electrons. The van der Waals surface area contributed by atoms with Crippen molar-refractivity contribution >= 4 is 17.4 Å². The molecule has 1 saturated heterocycles.